The Hall–Kier alpha value is -1.66. The van der Waals surface area contributed by atoms with Gasteiger partial charge in [-0.05, 0) is 17.7 Å². The number of rotatable bonds is 5. The van der Waals surface area contributed by atoms with Crippen molar-refractivity contribution < 1.29 is 19.0 Å². The normalized spacial score (nSPS) is 16.0. The Morgan fingerprint density at radius 3 is 2.62 bits per heavy atom. The van der Waals surface area contributed by atoms with Crippen molar-refractivity contribution in [1.29, 1.82) is 0 Å². The van der Waals surface area contributed by atoms with Crippen LogP contribution < -0.4 is 4.74 Å². The van der Waals surface area contributed by atoms with Gasteiger partial charge in [0.05, 0.1) is 20.1 Å². The Labute approximate surface area is 123 Å². The zero-order chi connectivity index (χ0) is 15.2. The van der Waals surface area contributed by atoms with E-state index < -0.39 is 5.82 Å². The first-order chi connectivity index (χ1) is 10.1. The van der Waals surface area contributed by atoms with Crippen molar-refractivity contribution >= 4 is 5.91 Å². The van der Waals surface area contributed by atoms with Crippen LogP contribution >= 0.6 is 0 Å². The van der Waals surface area contributed by atoms with Gasteiger partial charge >= 0.3 is 0 Å². The second-order valence-corrected chi connectivity index (χ2v) is 5.09. The number of piperazine rings is 1. The van der Waals surface area contributed by atoms with E-state index in [4.69, 9.17) is 9.84 Å². The minimum atomic E-state index is -0.449. The van der Waals surface area contributed by atoms with Crippen LogP contribution in [-0.4, -0.2) is 67.3 Å². The number of carbonyl (C=O) groups is 1. The van der Waals surface area contributed by atoms with Crippen molar-refractivity contribution in [2.75, 3.05) is 46.4 Å². The van der Waals surface area contributed by atoms with Gasteiger partial charge in [-0.25, -0.2) is 4.39 Å². The van der Waals surface area contributed by atoms with E-state index >= 15 is 0 Å². The standard InChI is InChI=1S/C15H21FN2O3/c1-21-14-3-2-12(10-13(14)16)11-15(20)18-6-4-17(5-7-18)8-9-19/h2-3,10,19H,4-9,11H2,1H3. The van der Waals surface area contributed by atoms with Gasteiger partial charge in [-0.15, -0.1) is 0 Å². The Balaban J connectivity index is 1.89. The molecule has 21 heavy (non-hydrogen) atoms. The van der Waals surface area contributed by atoms with Crippen molar-refractivity contribution in [3.63, 3.8) is 0 Å². The number of β-amino-alcohol motifs (C(OH)–C–C–N with tert-alkyl or cyclic N) is 1. The summed E-state index contributed by atoms with van der Waals surface area (Å²) in [4.78, 5) is 16.1. The molecule has 116 valence electrons. The number of halogens is 1. The van der Waals surface area contributed by atoms with E-state index in [0.717, 1.165) is 13.1 Å². The summed E-state index contributed by atoms with van der Waals surface area (Å²) in [5.41, 5.74) is 0.649. The second-order valence-electron chi connectivity index (χ2n) is 5.09. The summed E-state index contributed by atoms with van der Waals surface area (Å²) < 4.78 is 18.5. The van der Waals surface area contributed by atoms with E-state index in [0.29, 0.717) is 25.2 Å². The number of amides is 1. The van der Waals surface area contributed by atoms with Crippen LogP contribution in [0.4, 0.5) is 4.39 Å². The predicted octanol–water partition coefficient (Wildman–Crippen LogP) is 0.513. The molecule has 1 heterocycles. The molecule has 0 bridgehead atoms. The van der Waals surface area contributed by atoms with Gasteiger partial charge in [0, 0.05) is 32.7 Å². The lowest BCUT2D eigenvalue weighted by atomic mass is 10.1. The molecule has 1 amide bonds. The average molecular weight is 296 g/mol. The summed E-state index contributed by atoms with van der Waals surface area (Å²) >= 11 is 0. The summed E-state index contributed by atoms with van der Waals surface area (Å²) in [6.45, 7) is 3.62. The summed E-state index contributed by atoms with van der Waals surface area (Å²) in [5.74, 6) is -0.261. The summed E-state index contributed by atoms with van der Waals surface area (Å²) in [5, 5.41) is 8.89. The maximum atomic E-state index is 13.6. The number of benzene rings is 1. The molecule has 1 fully saturated rings. The zero-order valence-electron chi connectivity index (χ0n) is 12.2. The Kier molecular flexibility index (Phi) is 5.52. The molecule has 0 aromatic heterocycles. The van der Waals surface area contributed by atoms with Gasteiger partial charge in [-0.1, -0.05) is 6.07 Å². The fourth-order valence-electron chi connectivity index (χ4n) is 2.47. The molecule has 2 rings (SSSR count). The molecule has 1 aromatic rings. The number of nitrogens with zero attached hydrogens (tertiary/aromatic N) is 2. The maximum Gasteiger partial charge on any atom is 0.227 e. The molecule has 0 unspecified atom stereocenters. The van der Waals surface area contributed by atoms with Crippen LogP contribution in [0.2, 0.25) is 0 Å². The van der Waals surface area contributed by atoms with Gasteiger partial charge in [-0.2, -0.15) is 0 Å². The van der Waals surface area contributed by atoms with Crippen molar-refractivity contribution in [3.8, 4) is 5.75 Å². The fraction of sp³-hybridized carbons (Fsp3) is 0.533. The van der Waals surface area contributed by atoms with E-state index in [1.807, 2.05) is 0 Å². The third kappa shape index (κ3) is 4.15. The maximum absolute atomic E-state index is 13.6. The van der Waals surface area contributed by atoms with Crippen LogP contribution in [0.1, 0.15) is 5.56 Å². The largest absolute Gasteiger partial charge is 0.494 e. The molecular formula is C15H21FN2O3. The quantitative estimate of drug-likeness (QED) is 0.860. The van der Waals surface area contributed by atoms with E-state index in [9.17, 15) is 9.18 Å². The topological polar surface area (TPSA) is 53.0 Å². The molecule has 0 atom stereocenters. The zero-order valence-corrected chi connectivity index (χ0v) is 12.2. The number of methoxy groups -OCH3 is 1. The van der Waals surface area contributed by atoms with Crippen LogP contribution in [0.3, 0.4) is 0 Å². The van der Waals surface area contributed by atoms with Gasteiger partial charge < -0.3 is 14.7 Å². The third-order valence-electron chi connectivity index (χ3n) is 3.71. The summed E-state index contributed by atoms with van der Waals surface area (Å²) in [6.07, 6.45) is 0.195. The molecule has 1 aromatic carbocycles. The van der Waals surface area contributed by atoms with Crippen molar-refractivity contribution in [2.24, 2.45) is 0 Å². The van der Waals surface area contributed by atoms with Crippen LogP contribution in [0.25, 0.3) is 0 Å². The number of carbonyl (C=O) groups excluding carboxylic acids is 1. The van der Waals surface area contributed by atoms with E-state index in [2.05, 4.69) is 4.90 Å². The van der Waals surface area contributed by atoms with E-state index in [1.165, 1.54) is 19.2 Å². The van der Waals surface area contributed by atoms with Crippen molar-refractivity contribution in [2.45, 2.75) is 6.42 Å². The molecule has 0 saturated carbocycles. The Bertz CT molecular complexity index is 488. The monoisotopic (exact) mass is 296 g/mol. The second kappa shape index (κ2) is 7.38. The van der Waals surface area contributed by atoms with Gasteiger partial charge in [0.25, 0.3) is 0 Å². The molecule has 1 aliphatic heterocycles. The highest BCUT2D eigenvalue weighted by atomic mass is 19.1. The van der Waals surface area contributed by atoms with Crippen LogP contribution in [0.5, 0.6) is 5.75 Å². The first-order valence-corrected chi connectivity index (χ1v) is 7.07. The lowest BCUT2D eigenvalue weighted by Crippen LogP contribution is -2.49. The Morgan fingerprint density at radius 1 is 1.33 bits per heavy atom. The first-order valence-electron chi connectivity index (χ1n) is 7.07. The lowest BCUT2D eigenvalue weighted by molar-refractivity contribution is -0.132. The fourth-order valence-corrected chi connectivity index (χ4v) is 2.47. The molecule has 0 aliphatic carbocycles. The Morgan fingerprint density at radius 2 is 2.05 bits per heavy atom. The van der Waals surface area contributed by atoms with Crippen LogP contribution in [-0.2, 0) is 11.2 Å². The molecule has 1 N–H and O–H groups in total. The molecule has 5 nitrogen and oxygen atoms in total. The number of hydrogen-bond acceptors (Lipinski definition) is 4. The summed E-state index contributed by atoms with van der Waals surface area (Å²) in [6, 6.07) is 4.59. The van der Waals surface area contributed by atoms with E-state index in [-0.39, 0.29) is 24.7 Å². The van der Waals surface area contributed by atoms with Crippen molar-refractivity contribution in [3.05, 3.63) is 29.6 Å². The molecule has 6 heteroatoms. The first kappa shape index (κ1) is 15.7. The average Bonchev–Trinajstić information content (AvgIpc) is 2.48. The van der Waals surface area contributed by atoms with Crippen LogP contribution in [0.15, 0.2) is 18.2 Å². The third-order valence-corrected chi connectivity index (χ3v) is 3.71. The lowest BCUT2D eigenvalue weighted by Gasteiger charge is -2.34. The highest BCUT2D eigenvalue weighted by molar-refractivity contribution is 5.79. The smallest absolute Gasteiger partial charge is 0.227 e. The van der Waals surface area contributed by atoms with Crippen LogP contribution in [0, 0.1) is 5.82 Å². The van der Waals surface area contributed by atoms with E-state index in [1.54, 1.807) is 11.0 Å². The van der Waals surface area contributed by atoms with Gasteiger partial charge in [0.15, 0.2) is 11.6 Å². The predicted molar refractivity (Wildman–Crippen MR) is 76.8 cm³/mol. The minimum Gasteiger partial charge on any atom is -0.494 e. The molecule has 1 aliphatic rings. The van der Waals surface area contributed by atoms with Gasteiger partial charge in [0.2, 0.25) is 5.91 Å². The van der Waals surface area contributed by atoms with Gasteiger partial charge in [0.1, 0.15) is 0 Å². The molecular weight excluding hydrogens is 275 g/mol. The number of ether oxygens (including phenoxy) is 1. The van der Waals surface area contributed by atoms with Crippen molar-refractivity contribution in [1.82, 2.24) is 9.80 Å². The minimum absolute atomic E-state index is 0.00298. The highest BCUT2D eigenvalue weighted by Gasteiger charge is 2.21. The van der Waals surface area contributed by atoms with Gasteiger partial charge in [-0.3, -0.25) is 9.69 Å². The number of aliphatic hydroxyl groups is 1. The number of hydrogen-bond donors (Lipinski definition) is 1. The highest BCUT2D eigenvalue weighted by Crippen LogP contribution is 2.18. The summed E-state index contributed by atoms with van der Waals surface area (Å²) in [7, 11) is 1.41. The SMILES string of the molecule is COc1ccc(CC(=O)N2CCN(CCO)CC2)cc1F. The number of aliphatic hydroxyl groups excluding tert-OH is 1. The molecule has 0 radical (unpaired) electrons. The molecule has 0 spiro atoms. The molecule has 1 saturated heterocycles.